The number of aliphatic hydroxyl groups excluding tert-OH is 1. The maximum Gasteiger partial charge on any atom is 0.134 e. The van der Waals surface area contributed by atoms with Gasteiger partial charge in [0.15, 0.2) is 0 Å². The van der Waals surface area contributed by atoms with Crippen molar-refractivity contribution < 1.29 is 9.52 Å². The number of rotatable bonds is 4. The summed E-state index contributed by atoms with van der Waals surface area (Å²) >= 11 is 0. The fraction of sp³-hybridized carbons (Fsp3) is 0.286. The molecule has 0 bridgehead atoms. The molecule has 3 nitrogen and oxygen atoms in total. The van der Waals surface area contributed by atoms with Gasteiger partial charge < -0.3 is 14.8 Å². The molecule has 0 aliphatic heterocycles. The quantitative estimate of drug-likeness (QED) is 0.850. The molecule has 0 amide bonds. The van der Waals surface area contributed by atoms with E-state index in [0.717, 1.165) is 29.2 Å². The average Bonchev–Trinajstić information content (AvgIpc) is 2.78. The van der Waals surface area contributed by atoms with Crippen LogP contribution >= 0.6 is 0 Å². The molecule has 17 heavy (non-hydrogen) atoms. The van der Waals surface area contributed by atoms with Crippen LogP contribution in [0.4, 0.5) is 0 Å². The molecule has 2 rings (SSSR count). The molecule has 0 radical (unpaired) electrons. The molecular weight excluding hydrogens is 214 g/mol. The third-order valence-corrected chi connectivity index (χ3v) is 2.69. The van der Waals surface area contributed by atoms with E-state index in [4.69, 9.17) is 4.42 Å². The van der Waals surface area contributed by atoms with E-state index in [-0.39, 0.29) is 0 Å². The molecule has 1 aromatic carbocycles. The highest BCUT2D eigenvalue weighted by Crippen LogP contribution is 2.24. The van der Waals surface area contributed by atoms with Crippen molar-refractivity contribution in [2.75, 3.05) is 7.05 Å². The molecule has 0 spiro atoms. The van der Waals surface area contributed by atoms with Crippen LogP contribution in [-0.2, 0) is 6.54 Å². The van der Waals surface area contributed by atoms with Gasteiger partial charge in [0.2, 0.25) is 0 Å². The number of hydrogen-bond acceptors (Lipinski definition) is 3. The van der Waals surface area contributed by atoms with Gasteiger partial charge in [-0.05, 0) is 31.7 Å². The maximum atomic E-state index is 9.43. The van der Waals surface area contributed by atoms with Gasteiger partial charge in [0.25, 0.3) is 0 Å². The Bertz CT molecular complexity index is 471. The summed E-state index contributed by atoms with van der Waals surface area (Å²) in [7, 11) is 1.89. The summed E-state index contributed by atoms with van der Waals surface area (Å²) in [5, 5.41) is 12.5. The van der Waals surface area contributed by atoms with Crippen LogP contribution in [0.25, 0.3) is 11.3 Å². The molecule has 0 unspecified atom stereocenters. The van der Waals surface area contributed by atoms with E-state index in [9.17, 15) is 5.11 Å². The van der Waals surface area contributed by atoms with Gasteiger partial charge in [0, 0.05) is 5.56 Å². The summed E-state index contributed by atoms with van der Waals surface area (Å²) in [4.78, 5) is 0. The van der Waals surface area contributed by atoms with Gasteiger partial charge in [-0.15, -0.1) is 0 Å². The lowest BCUT2D eigenvalue weighted by Gasteiger charge is -2.04. The summed E-state index contributed by atoms with van der Waals surface area (Å²) < 4.78 is 5.69. The maximum absolute atomic E-state index is 9.43. The normalized spacial score (nSPS) is 12.6. The van der Waals surface area contributed by atoms with Crippen LogP contribution in [0.2, 0.25) is 0 Å². The van der Waals surface area contributed by atoms with Crippen molar-refractivity contribution in [2.45, 2.75) is 19.6 Å². The molecule has 0 saturated carbocycles. The van der Waals surface area contributed by atoms with Gasteiger partial charge in [-0.1, -0.05) is 24.3 Å². The minimum absolute atomic E-state index is 0.430. The van der Waals surface area contributed by atoms with E-state index in [1.54, 1.807) is 6.92 Å². The fourth-order valence-corrected chi connectivity index (χ4v) is 1.73. The number of furan rings is 1. The van der Waals surface area contributed by atoms with Crippen molar-refractivity contribution in [3.8, 4) is 11.3 Å². The Morgan fingerprint density at radius 3 is 2.47 bits per heavy atom. The van der Waals surface area contributed by atoms with E-state index in [1.165, 1.54) is 0 Å². The third kappa shape index (κ3) is 2.75. The SMILES string of the molecule is CNCc1ccc(-c2ccc([C@@H](C)O)cc2)o1. The Balaban J connectivity index is 2.21. The van der Waals surface area contributed by atoms with Gasteiger partial charge in [0.05, 0.1) is 12.6 Å². The number of benzene rings is 1. The van der Waals surface area contributed by atoms with E-state index in [1.807, 2.05) is 43.4 Å². The summed E-state index contributed by atoms with van der Waals surface area (Å²) in [6.07, 6.45) is -0.430. The minimum Gasteiger partial charge on any atom is -0.460 e. The summed E-state index contributed by atoms with van der Waals surface area (Å²) in [6.45, 7) is 2.48. The Hall–Kier alpha value is -1.58. The second-order valence-electron chi connectivity index (χ2n) is 4.09. The Morgan fingerprint density at radius 2 is 1.88 bits per heavy atom. The third-order valence-electron chi connectivity index (χ3n) is 2.69. The molecule has 3 heteroatoms. The van der Waals surface area contributed by atoms with Crippen molar-refractivity contribution in [1.29, 1.82) is 0 Å². The zero-order valence-electron chi connectivity index (χ0n) is 10.1. The van der Waals surface area contributed by atoms with Crippen LogP contribution in [0.5, 0.6) is 0 Å². The zero-order chi connectivity index (χ0) is 12.3. The number of nitrogens with one attached hydrogen (secondary N) is 1. The second kappa shape index (κ2) is 5.17. The number of hydrogen-bond donors (Lipinski definition) is 2. The number of aliphatic hydroxyl groups is 1. The van der Waals surface area contributed by atoms with Crippen LogP contribution < -0.4 is 5.32 Å². The molecular formula is C14H17NO2. The van der Waals surface area contributed by atoms with E-state index in [0.29, 0.717) is 0 Å². The highest BCUT2D eigenvalue weighted by molar-refractivity contribution is 5.58. The molecule has 2 N–H and O–H groups in total. The van der Waals surface area contributed by atoms with Crippen molar-refractivity contribution in [3.63, 3.8) is 0 Å². The largest absolute Gasteiger partial charge is 0.460 e. The van der Waals surface area contributed by atoms with Crippen LogP contribution in [0, 0.1) is 0 Å². The Morgan fingerprint density at radius 1 is 1.18 bits per heavy atom. The van der Waals surface area contributed by atoms with Crippen LogP contribution in [0.3, 0.4) is 0 Å². The topological polar surface area (TPSA) is 45.4 Å². The van der Waals surface area contributed by atoms with Gasteiger partial charge in [-0.2, -0.15) is 0 Å². The lowest BCUT2D eigenvalue weighted by molar-refractivity contribution is 0.199. The van der Waals surface area contributed by atoms with Gasteiger partial charge in [-0.3, -0.25) is 0 Å². The average molecular weight is 231 g/mol. The predicted octanol–water partition coefficient (Wildman–Crippen LogP) is 2.72. The smallest absolute Gasteiger partial charge is 0.134 e. The predicted molar refractivity (Wildman–Crippen MR) is 67.5 cm³/mol. The van der Waals surface area contributed by atoms with Crippen LogP contribution in [0.15, 0.2) is 40.8 Å². The molecule has 0 saturated heterocycles. The van der Waals surface area contributed by atoms with Gasteiger partial charge >= 0.3 is 0 Å². The first-order chi connectivity index (χ1) is 8.20. The summed E-state index contributed by atoms with van der Waals surface area (Å²) in [6, 6.07) is 11.7. The van der Waals surface area contributed by atoms with E-state index < -0.39 is 6.10 Å². The van der Waals surface area contributed by atoms with Crippen molar-refractivity contribution >= 4 is 0 Å². The summed E-state index contributed by atoms with van der Waals surface area (Å²) in [5.41, 5.74) is 1.94. The molecule has 2 aromatic rings. The van der Waals surface area contributed by atoms with Gasteiger partial charge in [-0.25, -0.2) is 0 Å². The first kappa shape index (κ1) is 11.9. The van der Waals surface area contributed by atoms with Crippen molar-refractivity contribution in [3.05, 3.63) is 47.7 Å². The standard InChI is InChI=1S/C14H17NO2/c1-10(16)11-3-5-12(6-4-11)14-8-7-13(17-14)9-15-2/h3-8,10,15-16H,9H2,1-2H3/t10-/m1/s1. The Kier molecular flexibility index (Phi) is 3.61. The lowest BCUT2D eigenvalue weighted by atomic mass is 10.1. The molecule has 0 aliphatic carbocycles. The monoisotopic (exact) mass is 231 g/mol. The molecule has 1 atom stereocenters. The Labute approximate surface area is 101 Å². The zero-order valence-corrected chi connectivity index (χ0v) is 10.1. The van der Waals surface area contributed by atoms with Crippen molar-refractivity contribution in [2.24, 2.45) is 0 Å². The lowest BCUT2D eigenvalue weighted by Crippen LogP contribution is -2.03. The molecule has 1 heterocycles. The molecule has 0 aliphatic rings. The highest BCUT2D eigenvalue weighted by atomic mass is 16.3. The van der Waals surface area contributed by atoms with E-state index in [2.05, 4.69) is 5.32 Å². The van der Waals surface area contributed by atoms with Crippen molar-refractivity contribution in [1.82, 2.24) is 5.32 Å². The first-order valence-electron chi connectivity index (χ1n) is 5.72. The van der Waals surface area contributed by atoms with Crippen LogP contribution in [0.1, 0.15) is 24.4 Å². The van der Waals surface area contributed by atoms with Gasteiger partial charge in [0.1, 0.15) is 11.5 Å². The highest BCUT2D eigenvalue weighted by Gasteiger charge is 2.05. The fourth-order valence-electron chi connectivity index (χ4n) is 1.73. The molecule has 0 fully saturated rings. The summed E-state index contributed by atoms with van der Waals surface area (Å²) in [5.74, 6) is 1.77. The minimum atomic E-state index is -0.430. The van der Waals surface area contributed by atoms with Crippen LogP contribution in [-0.4, -0.2) is 12.2 Å². The molecule has 1 aromatic heterocycles. The second-order valence-corrected chi connectivity index (χ2v) is 4.09. The molecule has 90 valence electrons. The van der Waals surface area contributed by atoms with E-state index >= 15 is 0 Å². The first-order valence-corrected chi connectivity index (χ1v) is 5.72.